The van der Waals surface area contributed by atoms with Crippen LogP contribution in [0.2, 0.25) is 5.02 Å². The number of carbonyl (C=O) groups is 1. The van der Waals surface area contributed by atoms with Crippen LogP contribution in [0.3, 0.4) is 0 Å². The van der Waals surface area contributed by atoms with Gasteiger partial charge in [-0.25, -0.2) is 4.68 Å². The SMILES string of the molecule is Cc1nn(-c2ccc(C(=O)N3CCC(C)CC3CN)cc2)c(C)c1Cl. The number of amides is 1. The number of hydrogen-bond donors (Lipinski definition) is 1. The maximum atomic E-state index is 12.9. The number of benzene rings is 1. The molecule has 1 saturated heterocycles. The van der Waals surface area contributed by atoms with Gasteiger partial charge in [0.15, 0.2) is 0 Å². The maximum absolute atomic E-state index is 12.9. The topological polar surface area (TPSA) is 64.2 Å². The zero-order chi connectivity index (χ0) is 18.1. The molecule has 1 aromatic heterocycles. The predicted octanol–water partition coefficient (Wildman–Crippen LogP) is 3.34. The highest BCUT2D eigenvalue weighted by atomic mass is 35.5. The fourth-order valence-corrected chi connectivity index (χ4v) is 3.65. The van der Waals surface area contributed by atoms with E-state index >= 15 is 0 Å². The lowest BCUT2D eigenvalue weighted by molar-refractivity contribution is 0.0573. The summed E-state index contributed by atoms with van der Waals surface area (Å²) in [6.45, 7) is 7.32. The van der Waals surface area contributed by atoms with Gasteiger partial charge in [0.1, 0.15) is 0 Å². The van der Waals surface area contributed by atoms with Crippen molar-refractivity contribution in [3.8, 4) is 5.69 Å². The van der Waals surface area contributed by atoms with E-state index in [0.717, 1.165) is 36.5 Å². The van der Waals surface area contributed by atoms with Gasteiger partial charge in [-0.15, -0.1) is 0 Å². The van der Waals surface area contributed by atoms with Crippen LogP contribution in [0.15, 0.2) is 24.3 Å². The lowest BCUT2D eigenvalue weighted by atomic mass is 9.92. The first kappa shape index (κ1) is 18.0. The van der Waals surface area contributed by atoms with Crippen LogP contribution in [0.1, 0.15) is 41.5 Å². The van der Waals surface area contributed by atoms with Crippen molar-refractivity contribution < 1.29 is 4.79 Å². The summed E-state index contributed by atoms with van der Waals surface area (Å²) in [6, 6.07) is 7.66. The summed E-state index contributed by atoms with van der Waals surface area (Å²) in [5, 5.41) is 5.13. The van der Waals surface area contributed by atoms with E-state index < -0.39 is 0 Å². The van der Waals surface area contributed by atoms with Gasteiger partial charge in [0.05, 0.1) is 22.1 Å². The molecule has 1 fully saturated rings. The second kappa shape index (κ2) is 7.18. The summed E-state index contributed by atoms with van der Waals surface area (Å²) >= 11 is 6.22. The summed E-state index contributed by atoms with van der Waals surface area (Å²) in [7, 11) is 0. The molecule has 0 aliphatic carbocycles. The van der Waals surface area contributed by atoms with Gasteiger partial charge in [-0.3, -0.25) is 4.79 Å². The molecule has 2 heterocycles. The van der Waals surface area contributed by atoms with Crippen LogP contribution < -0.4 is 5.73 Å². The van der Waals surface area contributed by atoms with Gasteiger partial charge in [-0.1, -0.05) is 18.5 Å². The van der Waals surface area contributed by atoms with Crippen molar-refractivity contribution in [1.29, 1.82) is 0 Å². The number of hydrogen-bond acceptors (Lipinski definition) is 3. The highest BCUT2D eigenvalue weighted by molar-refractivity contribution is 6.31. The third-order valence-corrected chi connectivity index (χ3v) is 5.62. The monoisotopic (exact) mass is 360 g/mol. The van der Waals surface area contributed by atoms with E-state index in [2.05, 4.69) is 12.0 Å². The van der Waals surface area contributed by atoms with E-state index in [1.54, 1.807) is 4.68 Å². The van der Waals surface area contributed by atoms with Gasteiger partial charge in [-0.05, 0) is 56.9 Å². The van der Waals surface area contributed by atoms with E-state index in [0.29, 0.717) is 23.0 Å². The minimum Gasteiger partial charge on any atom is -0.334 e. The van der Waals surface area contributed by atoms with E-state index in [1.165, 1.54) is 0 Å². The Kier molecular flexibility index (Phi) is 5.16. The molecule has 5 nitrogen and oxygen atoms in total. The van der Waals surface area contributed by atoms with Crippen LogP contribution in [-0.2, 0) is 0 Å². The first-order valence-corrected chi connectivity index (χ1v) is 9.13. The Labute approximate surface area is 153 Å². The van der Waals surface area contributed by atoms with Crippen LogP contribution in [-0.4, -0.2) is 39.7 Å². The Hall–Kier alpha value is -1.85. The fraction of sp³-hybridized carbons (Fsp3) is 0.474. The molecule has 1 amide bonds. The molecular formula is C19H25ClN4O. The number of piperidine rings is 1. The Morgan fingerprint density at radius 3 is 2.56 bits per heavy atom. The van der Waals surface area contributed by atoms with E-state index in [-0.39, 0.29) is 11.9 Å². The Morgan fingerprint density at radius 2 is 2.00 bits per heavy atom. The molecule has 0 radical (unpaired) electrons. The molecule has 1 aromatic carbocycles. The van der Waals surface area contributed by atoms with Crippen LogP contribution >= 0.6 is 11.6 Å². The van der Waals surface area contributed by atoms with E-state index in [9.17, 15) is 4.79 Å². The minimum atomic E-state index is 0.0558. The molecule has 0 bridgehead atoms. The van der Waals surface area contributed by atoms with Crippen LogP contribution in [0.25, 0.3) is 5.69 Å². The molecule has 2 unspecified atom stereocenters. The van der Waals surface area contributed by atoms with Crippen LogP contribution in [0, 0.1) is 19.8 Å². The number of nitrogens with two attached hydrogens (primary N) is 1. The van der Waals surface area contributed by atoms with Gasteiger partial charge < -0.3 is 10.6 Å². The smallest absolute Gasteiger partial charge is 0.254 e. The Bertz CT molecular complexity index is 768. The largest absolute Gasteiger partial charge is 0.334 e. The summed E-state index contributed by atoms with van der Waals surface area (Å²) in [5.41, 5.74) is 9.16. The first-order valence-electron chi connectivity index (χ1n) is 8.75. The number of aryl methyl sites for hydroxylation is 1. The van der Waals surface area contributed by atoms with Crippen molar-refractivity contribution in [2.75, 3.05) is 13.1 Å². The van der Waals surface area contributed by atoms with Crippen molar-refractivity contribution in [2.24, 2.45) is 11.7 Å². The third kappa shape index (κ3) is 3.44. The molecule has 2 atom stereocenters. The third-order valence-electron chi connectivity index (χ3n) is 5.07. The van der Waals surface area contributed by atoms with Crippen molar-refractivity contribution >= 4 is 17.5 Å². The normalized spacial score (nSPS) is 20.8. The summed E-state index contributed by atoms with van der Waals surface area (Å²) in [5.74, 6) is 0.677. The van der Waals surface area contributed by atoms with Crippen molar-refractivity contribution in [1.82, 2.24) is 14.7 Å². The Morgan fingerprint density at radius 1 is 1.32 bits per heavy atom. The van der Waals surface area contributed by atoms with E-state index in [1.807, 2.05) is 43.0 Å². The van der Waals surface area contributed by atoms with Gasteiger partial charge in [0, 0.05) is 24.7 Å². The molecule has 6 heteroatoms. The zero-order valence-corrected chi connectivity index (χ0v) is 15.8. The van der Waals surface area contributed by atoms with Crippen LogP contribution in [0.4, 0.5) is 0 Å². The molecule has 134 valence electrons. The summed E-state index contributed by atoms with van der Waals surface area (Å²) < 4.78 is 1.80. The first-order chi connectivity index (χ1) is 11.9. The molecule has 3 rings (SSSR count). The summed E-state index contributed by atoms with van der Waals surface area (Å²) in [4.78, 5) is 14.8. The van der Waals surface area contributed by atoms with Gasteiger partial charge in [0.25, 0.3) is 5.91 Å². The molecule has 2 N–H and O–H groups in total. The molecule has 2 aromatic rings. The minimum absolute atomic E-state index is 0.0558. The average Bonchev–Trinajstić information content (AvgIpc) is 2.88. The number of nitrogens with zero attached hydrogens (tertiary/aromatic N) is 3. The maximum Gasteiger partial charge on any atom is 0.254 e. The molecule has 1 aliphatic rings. The number of rotatable bonds is 3. The quantitative estimate of drug-likeness (QED) is 0.912. The van der Waals surface area contributed by atoms with Gasteiger partial charge in [-0.2, -0.15) is 5.10 Å². The van der Waals surface area contributed by atoms with Crippen molar-refractivity contribution in [2.45, 2.75) is 39.7 Å². The average molecular weight is 361 g/mol. The second-order valence-electron chi connectivity index (χ2n) is 6.96. The molecule has 0 saturated carbocycles. The van der Waals surface area contributed by atoms with Crippen LogP contribution in [0.5, 0.6) is 0 Å². The highest BCUT2D eigenvalue weighted by Crippen LogP contribution is 2.25. The standard InChI is InChI=1S/C19H25ClN4O/c1-12-8-9-23(17(10-12)11-21)19(25)15-4-6-16(7-5-15)24-14(3)18(20)13(2)22-24/h4-7,12,17H,8-11,21H2,1-3H3. The lowest BCUT2D eigenvalue weighted by Gasteiger charge is -2.38. The van der Waals surface area contributed by atoms with Gasteiger partial charge >= 0.3 is 0 Å². The molecule has 1 aliphatic heterocycles. The molecular weight excluding hydrogens is 336 g/mol. The number of halogens is 1. The second-order valence-corrected chi connectivity index (χ2v) is 7.34. The van der Waals surface area contributed by atoms with E-state index in [4.69, 9.17) is 17.3 Å². The highest BCUT2D eigenvalue weighted by Gasteiger charge is 2.29. The lowest BCUT2D eigenvalue weighted by Crippen LogP contribution is -2.49. The van der Waals surface area contributed by atoms with Gasteiger partial charge in [0.2, 0.25) is 0 Å². The summed E-state index contributed by atoms with van der Waals surface area (Å²) in [6.07, 6.45) is 2.01. The molecule has 25 heavy (non-hydrogen) atoms. The predicted molar refractivity (Wildman–Crippen MR) is 100 cm³/mol. The fourth-order valence-electron chi connectivity index (χ4n) is 3.53. The van der Waals surface area contributed by atoms with Crippen molar-refractivity contribution in [3.05, 3.63) is 46.2 Å². The number of likely N-dealkylation sites (tertiary alicyclic amines) is 1. The molecule has 0 spiro atoms. The Balaban J connectivity index is 1.82. The number of carbonyl (C=O) groups excluding carboxylic acids is 1. The zero-order valence-electron chi connectivity index (χ0n) is 15.0. The van der Waals surface area contributed by atoms with Crippen molar-refractivity contribution in [3.63, 3.8) is 0 Å². The number of aromatic nitrogens is 2.